The van der Waals surface area contributed by atoms with E-state index < -0.39 is 11.6 Å². The van der Waals surface area contributed by atoms with Crippen molar-refractivity contribution in [1.29, 1.82) is 0 Å². The molecular formula is C23H27N3O3. The Kier molecular flexibility index (Phi) is 6.32. The van der Waals surface area contributed by atoms with E-state index in [4.69, 9.17) is 0 Å². The molecule has 6 heteroatoms. The van der Waals surface area contributed by atoms with E-state index in [1.807, 2.05) is 74.5 Å². The van der Waals surface area contributed by atoms with Crippen LogP contribution < -0.4 is 10.6 Å². The van der Waals surface area contributed by atoms with Gasteiger partial charge in [0.25, 0.3) is 5.91 Å². The third-order valence-corrected chi connectivity index (χ3v) is 5.57. The van der Waals surface area contributed by atoms with Crippen molar-refractivity contribution in [1.82, 2.24) is 15.5 Å². The molecule has 2 aromatic rings. The molecule has 1 aliphatic heterocycles. The lowest BCUT2D eigenvalue weighted by atomic mass is 9.93. The van der Waals surface area contributed by atoms with Gasteiger partial charge in [0.2, 0.25) is 5.91 Å². The molecule has 152 valence electrons. The highest BCUT2D eigenvalue weighted by molar-refractivity contribution is 6.09. The monoisotopic (exact) mass is 393 g/mol. The van der Waals surface area contributed by atoms with Crippen LogP contribution in [0, 0.1) is 0 Å². The zero-order valence-electron chi connectivity index (χ0n) is 16.9. The second kappa shape index (κ2) is 8.90. The van der Waals surface area contributed by atoms with Crippen molar-refractivity contribution >= 4 is 17.8 Å². The first-order valence-corrected chi connectivity index (χ1v) is 10.0. The molecule has 1 saturated heterocycles. The summed E-state index contributed by atoms with van der Waals surface area (Å²) in [5.41, 5.74) is 1.16. The predicted molar refractivity (Wildman–Crippen MR) is 111 cm³/mol. The van der Waals surface area contributed by atoms with Crippen LogP contribution in [-0.2, 0) is 16.0 Å². The molecule has 1 unspecified atom stereocenters. The summed E-state index contributed by atoms with van der Waals surface area (Å²) in [5, 5.41) is 5.75. The smallest absolute Gasteiger partial charge is 0.325 e. The fraction of sp³-hybridized carbons (Fsp3) is 0.348. The van der Waals surface area contributed by atoms with Crippen molar-refractivity contribution in [2.45, 2.75) is 44.7 Å². The van der Waals surface area contributed by atoms with Crippen molar-refractivity contribution in [3.63, 3.8) is 0 Å². The molecular weight excluding hydrogens is 366 g/mol. The van der Waals surface area contributed by atoms with Gasteiger partial charge >= 0.3 is 6.03 Å². The Labute approximate surface area is 171 Å². The molecule has 6 nitrogen and oxygen atoms in total. The van der Waals surface area contributed by atoms with Gasteiger partial charge in [0, 0.05) is 0 Å². The minimum atomic E-state index is -0.903. The molecule has 0 aliphatic carbocycles. The first kappa shape index (κ1) is 20.6. The average Bonchev–Trinajstić information content (AvgIpc) is 2.99. The fourth-order valence-corrected chi connectivity index (χ4v) is 3.72. The minimum absolute atomic E-state index is 0.256. The number of rotatable bonds is 8. The van der Waals surface area contributed by atoms with Gasteiger partial charge in [0.05, 0.1) is 6.04 Å². The summed E-state index contributed by atoms with van der Waals surface area (Å²) in [6.45, 7) is 3.43. The maximum absolute atomic E-state index is 12.8. The highest BCUT2D eigenvalue weighted by atomic mass is 16.2. The van der Waals surface area contributed by atoms with Crippen molar-refractivity contribution in [3.8, 4) is 0 Å². The Balaban J connectivity index is 1.73. The van der Waals surface area contributed by atoms with Crippen molar-refractivity contribution in [2.75, 3.05) is 6.54 Å². The molecule has 3 rings (SSSR count). The summed E-state index contributed by atoms with van der Waals surface area (Å²) in [4.78, 5) is 38.8. The van der Waals surface area contributed by atoms with E-state index in [2.05, 4.69) is 10.6 Å². The molecule has 29 heavy (non-hydrogen) atoms. The van der Waals surface area contributed by atoms with Gasteiger partial charge in [0.1, 0.15) is 12.1 Å². The number of imide groups is 1. The van der Waals surface area contributed by atoms with Crippen LogP contribution in [0.2, 0.25) is 0 Å². The Morgan fingerprint density at radius 3 is 2.14 bits per heavy atom. The number of benzene rings is 2. The molecule has 1 heterocycles. The van der Waals surface area contributed by atoms with E-state index in [0.717, 1.165) is 16.0 Å². The van der Waals surface area contributed by atoms with Gasteiger partial charge < -0.3 is 10.6 Å². The van der Waals surface area contributed by atoms with E-state index in [1.54, 1.807) is 0 Å². The van der Waals surface area contributed by atoms with E-state index >= 15 is 0 Å². The number of nitrogens with zero attached hydrogens (tertiary/aromatic N) is 1. The first-order valence-electron chi connectivity index (χ1n) is 10.0. The molecule has 1 atom stereocenters. The normalized spacial score (nSPS) is 16.4. The molecule has 2 aromatic carbocycles. The quantitative estimate of drug-likeness (QED) is 0.676. The third kappa shape index (κ3) is 4.47. The molecule has 0 bridgehead atoms. The Morgan fingerprint density at radius 1 is 1.00 bits per heavy atom. The molecule has 0 saturated carbocycles. The summed E-state index contributed by atoms with van der Waals surface area (Å²) >= 11 is 0. The Bertz CT molecular complexity index is 863. The first-order chi connectivity index (χ1) is 14.0. The average molecular weight is 393 g/mol. The van der Waals surface area contributed by atoms with Gasteiger partial charge in [-0.2, -0.15) is 0 Å². The molecule has 4 amide bonds. The zero-order chi connectivity index (χ0) is 20.9. The number of amides is 4. The van der Waals surface area contributed by atoms with Crippen molar-refractivity contribution < 1.29 is 14.4 Å². The topological polar surface area (TPSA) is 78.5 Å². The lowest BCUT2D eigenvalue weighted by Gasteiger charge is -2.24. The summed E-state index contributed by atoms with van der Waals surface area (Å²) in [5.74, 6) is -0.691. The number of hydrogen-bond donors (Lipinski definition) is 2. The largest absolute Gasteiger partial charge is 0.347 e. The highest BCUT2D eigenvalue weighted by Gasteiger charge is 2.49. The van der Waals surface area contributed by atoms with Crippen LogP contribution in [0.25, 0.3) is 0 Å². The number of hydrogen-bond acceptors (Lipinski definition) is 3. The summed E-state index contributed by atoms with van der Waals surface area (Å²) < 4.78 is 0. The lowest BCUT2D eigenvalue weighted by molar-refractivity contribution is -0.135. The van der Waals surface area contributed by atoms with Gasteiger partial charge in [-0.15, -0.1) is 0 Å². The second-order valence-corrected chi connectivity index (χ2v) is 7.33. The zero-order valence-corrected chi connectivity index (χ0v) is 16.9. The Morgan fingerprint density at radius 2 is 1.59 bits per heavy atom. The molecule has 1 aliphatic rings. The van der Waals surface area contributed by atoms with Crippen LogP contribution >= 0.6 is 0 Å². The highest BCUT2D eigenvalue weighted by Crippen LogP contribution is 2.25. The summed E-state index contributed by atoms with van der Waals surface area (Å²) in [7, 11) is 0. The maximum atomic E-state index is 12.8. The summed E-state index contributed by atoms with van der Waals surface area (Å²) in [6, 6.07) is 18.8. The molecule has 0 aromatic heterocycles. The van der Waals surface area contributed by atoms with Crippen LogP contribution in [0.15, 0.2) is 60.7 Å². The van der Waals surface area contributed by atoms with Gasteiger partial charge in [-0.05, 0) is 30.4 Å². The standard InChI is InChI=1S/C23H27N3O3/c1-3-23(4-2)21(28)26(22(29)25-23)16-20(27)24-19(18-13-9-6-10-14-18)15-17-11-7-5-8-12-17/h5-14,19H,3-4,15-16H2,1-2H3,(H,24,27)(H,25,29). The molecule has 0 radical (unpaired) electrons. The second-order valence-electron chi connectivity index (χ2n) is 7.33. The lowest BCUT2D eigenvalue weighted by Crippen LogP contribution is -2.47. The number of carbonyl (C=O) groups is 3. The third-order valence-electron chi connectivity index (χ3n) is 5.57. The van der Waals surface area contributed by atoms with Crippen LogP contribution in [0.4, 0.5) is 4.79 Å². The molecule has 1 fully saturated rings. The van der Waals surface area contributed by atoms with Crippen LogP contribution in [0.5, 0.6) is 0 Å². The van der Waals surface area contributed by atoms with E-state index in [9.17, 15) is 14.4 Å². The van der Waals surface area contributed by atoms with E-state index in [0.29, 0.717) is 19.3 Å². The van der Waals surface area contributed by atoms with Gasteiger partial charge in [-0.25, -0.2) is 4.79 Å². The van der Waals surface area contributed by atoms with E-state index in [-0.39, 0.29) is 24.4 Å². The number of carbonyl (C=O) groups excluding carboxylic acids is 3. The van der Waals surface area contributed by atoms with Gasteiger partial charge in [-0.1, -0.05) is 74.5 Å². The van der Waals surface area contributed by atoms with Crippen LogP contribution in [0.3, 0.4) is 0 Å². The fourth-order valence-electron chi connectivity index (χ4n) is 3.72. The van der Waals surface area contributed by atoms with Gasteiger partial charge in [0.15, 0.2) is 0 Å². The Hall–Kier alpha value is -3.15. The predicted octanol–water partition coefficient (Wildman–Crippen LogP) is 3.20. The van der Waals surface area contributed by atoms with Crippen LogP contribution in [0.1, 0.15) is 43.9 Å². The van der Waals surface area contributed by atoms with Crippen molar-refractivity contribution in [3.05, 3.63) is 71.8 Å². The number of nitrogens with one attached hydrogen (secondary N) is 2. The molecule has 2 N–H and O–H groups in total. The minimum Gasteiger partial charge on any atom is -0.347 e. The SMILES string of the molecule is CCC1(CC)NC(=O)N(CC(=O)NC(Cc2ccccc2)c2ccccc2)C1=O. The maximum Gasteiger partial charge on any atom is 0.325 e. The van der Waals surface area contributed by atoms with Crippen LogP contribution in [-0.4, -0.2) is 34.8 Å². The van der Waals surface area contributed by atoms with E-state index in [1.165, 1.54) is 0 Å². The number of urea groups is 1. The van der Waals surface area contributed by atoms with Gasteiger partial charge in [-0.3, -0.25) is 14.5 Å². The van der Waals surface area contributed by atoms with Crippen molar-refractivity contribution in [2.24, 2.45) is 0 Å². The summed E-state index contributed by atoms with van der Waals surface area (Å²) in [6.07, 6.45) is 1.60. The molecule has 0 spiro atoms.